The summed E-state index contributed by atoms with van der Waals surface area (Å²) in [4.78, 5) is 11.8. The van der Waals surface area contributed by atoms with Gasteiger partial charge in [-0.1, -0.05) is 11.8 Å². The van der Waals surface area contributed by atoms with E-state index in [1.165, 1.54) is 11.8 Å². The Bertz CT molecular complexity index is 319. The van der Waals surface area contributed by atoms with E-state index in [9.17, 15) is 4.79 Å². The summed E-state index contributed by atoms with van der Waals surface area (Å²) in [6, 6.07) is 0. The Morgan fingerprint density at radius 3 is 2.72 bits per heavy atom. The van der Waals surface area contributed by atoms with Crippen molar-refractivity contribution in [2.24, 2.45) is 0 Å². The maximum absolute atomic E-state index is 11.8. The number of carbonyl (C=O) groups excluding carboxylic acids is 1. The molecule has 5 nitrogen and oxygen atoms in total. The van der Waals surface area contributed by atoms with Crippen molar-refractivity contribution in [3.05, 3.63) is 0 Å². The quantitative estimate of drug-likeness (QED) is 0.578. The van der Waals surface area contributed by atoms with Crippen molar-refractivity contribution in [1.29, 1.82) is 0 Å². The third-order valence-electron chi connectivity index (χ3n) is 2.28. The van der Waals surface area contributed by atoms with Crippen molar-refractivity contribution < 1.29 is 23.7 Å². The molecule has 1 aliphatic rings. The first kappa shape index (κ1) is 15.7. The van der Waals surface area contributed by atoms with Crippen molar-refractivity contribution in [1.82, 2.24) is 0 Å². The molecule has 0 saturated carbocycles. The number of thiocarbonyl (C=S) groups is 1. The van der Waals surface area contributed by atoms with Gasteiger partial charge in [-0.3, -0.25) is 0 Å². The minimum absolute atomic E-state index is 0.271. The molecule has 0 aliphatic carbocycles. The fourth-order valence-corrected chi connectivity index (χ4v) is 1.82. The molecular weight excluding hydrogens is 276 g/mol. The number of rotatable bonds is 4. The standard InChI is InChI=1S/C11H18O5S2/c1-5-13-9(12)8(15-10(17)18-4)7-6-14-11(2,3)16-7/h7-8H,5-6H2,1-4H3/t7-,8+/m0/s1. The lowest BCUT2D eigenvalue weighted by Crippen LogP contribution is -2.41. The zero-order valence-electron chi connectivity index (χ0n) is 10.9. The van der Waals surface area contributed by atoms with Gasteiger partial charge in [0.15, 0.2) is 5.79 Å². The number of esters is 1. The van der Waals surface area contributed by atoms with E-state index < -0.39 is 24.0 Å². The van der Waals surface area contributed by atoms with Crippen molar-refractivity contribution in [3.63, 3.8) is 0 Å². The second kappa shape index (κ2) is 6.70. The second-order valence-corrected chi connectivity index (χ2v) is 5.52. The van der Waals surface area contributed by atoms with Gasteiger partial charge in [-0.25, -0.2) is 4.79 Å². The lowest BCUT2D eigenvalue weighted by atomic mass is 10.2. The van der Waals surface area contributed by atoms with Crippen LogP contribution >= 0.6 is 24.0 Å². The molecule has 0 spiro atoms. The Balaban J connectivity index is 2.71. The highest BCUT2D eigenvalue weighted by molar-refractivity contribution is 8.22. The Morgan fingerprint density at radius 2 is 2.28 bits per heavy atom. The van der Waals surface area contributed by atoms with Gasteiger partial charge in [0, 0.05) is 0 Å². The molecule has 1 rings (SSSR count). The van der Waals surface area contributed by atoms with Gasteiger partial charge in [0.1, 0.15) is 6.10 Å². The predicted molar refractivity (Wildman–Crippen MR) is 72.5 cm³/mol. The molecule has 0 amide bonds. The van der Waals surface area contributed by atoms with E-state index >= 15 is 0 Å². The van der Waals surface area contributed by atoms with E-state index in [2.05, 4.69) is 0 Å². The number of hydrogen-bond donors (Lipinski definition) is 0. The maximum Gasteiger partial charge on any atom is 0.350 e. The van der Waals surface area contributed by atoms with E-state index in [0.29, 0.717) is 0 Å². The summed E-state index contributed by atoms with van der Waals surface area (Å²) < 4.78 is 21.7. The van der Waals surface area contributed by atoms with E-state index in [1.807, 2.05) is 0 Å². The van der Waals surface area contributed by atoms with Crippen LogP contribution in [0.2, 0.25) is 0 Å². The van der Waals surface area contributed by atoms with Crippen molar-refractivity contribution in [2.75, 3.05) is 19.5 Å². The van der Waals surface area contributed by atoms with Gasteiger partial charge >= 0.3 is 5.97 Å². The zero-order chi connectivity index (χ0) is 13.8. The van der Waals surface area contributed by atoms with E-state index in [1.54, 1.807) is 27.0 Å². The summed E-state index contributed by atoms with van der Waals surface area (Å²) in [7, 11) is 0. The predicted octanol–water partition coefficient (Wildman–Crippen LogP) is 1.73. The summed E-state index contributed by atoms with van der Waals surface area (Å²) in [6.45, 7) is 5.84. The van der Waals surface area contributed by atoms with Crippen molar-refractivity contribution in [2.45, 2.75) is 38.8 Å². The molecule has 104 valence electrons. The molecule has 0 aromatic carbocycles. The summed E-state index contributed by atoms with van der Waals surface area (Å²) in [5.74, 6) is -1.21. The Labute approximate surface area is 116 Å². The molecule has 1 heterocycles. The molecule has 1 aliphatic heterocycles. The van der Waals surface area contributed by atoms with E-state index in [0.717, 1.165) is 0 Å². The Morgan fingerprint density at radius 1 is 1.61 bits per heavy atom. The zero-order valence-corrected chi connectivity index (χ0v) is 12.6. The molecule has 0 aromatic rings. The molecule has 18 heavy (non-hydrogen) atoms. The van der Waals surface area contributed by atoms with Gasteiger partial charge in [-0.2, -0.15) is 0 Å². The lowest BCUT2D eigenvalue weighted by Gasteiger charge is -2.23. The van der Waals surface area contributed by atoms with Crippen LogP contribution in [0.15, 0.2) is 0 Å². The summed E-state index contributed by atoms with van der Waals surface area (Å²) in [5.41, 5.74) is 0. The Hall–Kier alpha value is -0.370. The fourth-order valence-electron chi connectivity index (χ4n) is 1.52. The van der Waals surface area contributed by atoms with Crippen LogP contribution in [0.5, 0.6) is 0 Å². The van der Waals surface area contributed by atoms with E-state index in [4.69, 9.17) is 31.2 Å². The van der Waals surface area contributed by atoms with Crippen LogP contribution < -0.4 is 0 Å². The molecule has 0 bridgehead atoms. The highest BCUT2D eigenvalue weighted by Gasteiger charge is 2.43. The first-order valence-electron chi connectivity index (χ1n) is 5.62. The molecule has 2 atom stereocenters. The van der Waals surface area contributed by atoms with Gasteiger partial charge in [0.2, 0.25) is 10.5 Å². The Kier molecular flexibility index (Phi) is 5.84. The van der Waals surface area contributed by atoms with Crippen LogP contribution in [0.25, 0.3) is 0 Å². The second-order valence-electron chi connectivity index (χ2n) is 4.11. The smallest absolute Gasteiger partial charge is 0.350 e. The SMILES string of the molecule is CCOC(=O)[C@H](OC(=S)SC)[C@@H]1COC(C)(C)O1. The van der Waals surface area contributed by atoms with Crippen LogP contribution in [0.1, 0.15) is 20.8 Å². The molecule has 0 aromatic heterocycles. The fraction of sp³-hybridized carbons (Fsp3) is 0.818. The number of ether oxygens (including phenoxy) is 4. The number of hydrogen-bond acceptors (Lipinski definition) is 7. The molecule has 1 saturated heterocycles. The largest absolute Gasteiger partial charge is 0.463 e. The highest BCUT2D eigenvalue weighted by Crippen LogP contribution is 2.26. The molecule has 1 fully saturated rings. The van der Waals surface area contributed by atoms with Gasteiger partial charge in [-0.15, -0.1) is 0 Å². The first-order valence-corrected chi connectivity index (χ1v) is 7.26. The minimum atomic E-state index is -0.883. The highest BCUT2D eigenvalue weighted by atomic mass is 32.2. The third-order valence-corrected chi connectivity index (χ3v) is 3.30. The first-order chi connectivity index (χ1) is 8.39. The molecule has 0 N–H and O–H groups in total. The van der Waals surface area contributed by atoms with Crippen LogP contribution in [-0.4, -0.2) is 47.8 Å². The number of thioether (sulfide) groups is 1. The topological polar surface area (TPSA) is 54.0 Å². The summed E-state index contributed by atoms with van der Waals surface area (Å²) >= 11 is 6.22. The van der Waals surface area contributed by atoms with Crippen LogP contribution in [0, 0.1) is 0 Å². The summed E-state index contributed by atoms with van der Waals surface area (Å²) in [6.07, 6.45) is 0.386. The molecule has 7 heteroatoms. The van der Waals surface area contributed by atoms with Crippen LogP contribution in [-0.2, 0) is 23.7 Å². The maximum atomic E-state index is 11.8. The average Bonchev–Trinajstić information content (AvgIpc) is 2.66. The third kappa shape index (κ3) is 4.38. The van der Waals surface area contributed by atoms with Crippen molar-refractivity contribution in [3.8, 4) is 0 Å². The van der Waals surface area contributed by atoms with Crippen LogP contribution in [0.4, 0.5) is 0 Å². The van der Waals surface area contributed by atoms with Crippen molar-refractivity contribution >= 4 is 34.3 Å². The molecule has 0 radical (unpaired) electrons. The van der Waals surface area contributed by atoms with Gasteiger partial charge in [0.25, 0.3) is 0 Å². The van der Waals surface area contributed by atoms with Crippen LogP contribution in [0.3, 0.4) is 0 Å². The van der Waals surface area contributed by atoms with Gasteiger partial charge in [-0.05, 0) is 39.2 Å². The van der Waals surface area contributed by atoms with E-state index in [-0.39, 0.29) is 17.6 Å². The monoisotopic (exact) mass is 294 g/mol. The van der Waals surface area contributed by atoms with Gasteiger partial charge < -0.3 is 18.9 Å². The normalized spacial score (nSPS) is 23.4. The minimum Gasteiger partial charge on any atom is -0.463 e. The molecule has 0 unspecified atom stereocenters. The summed E-state index contributed by atoms with van der Waals surface area (Å²) in [5, 5.41) is 0. The average molecular weight is 294 g/mol. The van der Waals surface area contributed by atoms with Gasteiger partial charge in [0.05, 0.1) is 13.2 Å². The number of carbonyl (C=O) groups is 1. The molecular formula is C11H18O5S2. The lowest BCUT2D eigenvalue weighted by molar-refractivity contribution is -0.170.